The van der Waals surface area contributed by atoms with Gasteiger partial charge in [-0.25, -0.2) is 4.39 Å². The Labute approximate surface area is 92.1 Å². The average molecular weight is 225 g/mol. The lowest BCUT2D eigenvalue weighted by Gasteiger charge is -2.18. The van der Waals surface area contributed by atoms with Crippen molar-refractivity contribution >= 4 is 5.69 Å². The van der Waals surface area contributed by atoms with E-state index in [-0.39, 0.29) is 22.8 Å². The fourth-order valence-electron chi connectivity index (χ4n) is 1.62. The van der Waals surface area contributed by atoms with Crippen LogP contribution in [0.3, 0.4) is 0 Å². The van der Waals surface area contributed by atoms with E-state index in [2.05, 4.69) is 0 Å². The molecular weight excluding hydrogens is 213 g/mol. The standard InChI is InChI=1S/C11H12FNO3/c12-8-5-6-10(13(14)15)11(7-8)16-9-3-1-2-4-9/h1-2,5-7,9,14-15H,3-4H2. The van der Waals surface area contributed by atoms with Crippen LogP contribution in [0.4, 0.5) is 10.1 Å². The smallest absolute Gasteiger partial charge is 0.151 e. The molecule has 2 rings (SSSR count). The molecule has 0 radical (unpaired) electrons. The molecule has 0 saturated carbocycles. The number of anilines is 1. The van der Waals surface area contributed by atoms with E-state index in [1.807, 2.05) is 12.2 Å². The van der Waals surface area contributed by atoms with E-state index in [1.165, 1.54) is 6.07 Å². The zero-order chi connectivity index (χ0) is 11.5. The van der Waals surface area contributed by atoms with Crippen LogP contribution in [-0.2, 0) is 0 Å². The summed E-state index contributed by atoms with van der Waals surface area (Å²) in [5.74, 6) is -0.356. The number of hydrogen-bond acceptors (Lipinski definition) is 4. The van der Waals surface area contributed by atoms with Crippen molar-refractivity contribution in [2.75, 3.05) is 5.23 Å². The SMILES string of the molecule is ON(O)c1ccc(F)cc1OC1CC=CC1. The minimum absolute atomic E-state index is 0.0216. The number of halogens is 1. The Morgan fingerprint density at radius 3 is 2.56 bits per heavy atom. The molecule has 1 aliphatic rings. The Morgan fingerprint density at radius 2 is 1.94 bits per heavy atom. The monoisotopic (exact) mass is 225 g/mol. The maximum absolute atomic E-state index is 13.0. The van der Waals surface area contributed by atoms with Crippen LogP contribution in [0.1, 0.15) is 12.8 Å². The summed E-state index contributed by atoms with van der Waals surface area (Å²) in [5.41, 5.74) is 0.0216. The summed E-state index contributed by atoms with van der Waals surface area (Å²) in [6.45, 7) is 0. The van der Waals surface area contributed by atoms with Gasteiger partial charge in [0.1, 0.15) is 17.6 Å². The Kier molecular flexibility index (Phi) is 3.07. The van der Waals surface area contributed by atoms with E-state index >= 15 is 0 Å². The molecule has 0 amide bonds. The molecule has 0 atom stereocenters. The van der Waals surface area contributed by atoms with Gasteiger partial charge in [0.25, 0.3) is 0 Å². The third-order valence-corrected chi connectivity index (χ3v) is 2.40. The predicted octanol–water partition coefficient (Wildman–Crippen LogP) is 2.51. The van der Waals surface area contributed by atoms with Gasteiger partial charge in [-0.1, -0.05) is 12.2 Å². The molecule has 2 N–H and O–H groups in total. The summed E-state index contributed by atoms with van der Waals surface area (Å²) in [4.78, 5) is 0. The highest BCUT2D eigenvalue weighted by atomic mass is 19.1. The minimum Gasteiger partial charge on any atom is -0.487 e. The molecule has 1 aromatic carbocycles. The quantitative estimate of drug-likeness (QED) is 0.613. The Balaban J connectivity index is 2.19. The fourth-order valence-corrected chi connectivity index (χ4v) is 1.62. The van der Waals surface area contributed by atoms with Crippen LogP contribution < -0.4 is 9.96 Å². The van der Waals surface area contributed by atoms with Crippen molar-refractivity contribution in [3.05, 3.63) is 36.2 Å². The molecule has 86 valence electrons. The van der Waals surface area contributed by atoms with Crippen molar-refractivity contribution in [3.8, 4) is 5.75 Å². The van der Waals surface area contributed by atoms with Crippen LogP contribution in [0.5, 0.6) is 5.75 Å². The topological polar surface area (TPSA) is 52.9 Å². The van der Waals surface area contributed by atoms with Gasteiger partial charge < -0.3 is 4.74 Å². The molecule has 4 nitrogen and oxygen atoms in total. The Hall–Kier alpha value is -1.59. The van der Waals surface area contributed by atoms with Crippen LogP contribution in [0.15, 0.2) is 30.4 Å². The van der Waals surface area contributed by atoms with E-state index in [0.717, 1.165) is 25.0 Å². The number of hydrogen-bond donors (Lipinski definition) is 2. The van der Waals surface area contributed by atoms with E-state index in [9.17, 15) is 4.39 Å². The van der Waals surface area contributed by atoms with Crippen LogP contribution in [0.25, 0.3) is 0 Å². The number of nitrogens with zero attached hydrogens (tertiary/aromatic N) is 1. The third kappa shape index (κ3) is 2.32. The number of benzene rings is 1. The molecule has 5 heteroatoms. The minimum atomic E-state index is -0.480. The van der Waals surface area contributed by atoms with E-state index < -0.39 is 5.82 Å². The first-order valence-electron chi connectivity index (χ1n) is 4.96. The molecule has 0 unspecified atom stereocenters. The van der Waals surface area contributed by atoms with Gasteiger partial charge >= 0.3 is 0 Å². The molecule has 0 aromatic heterocycles. The third-order valence-electron chi connectivity index (χ3n) is 2.40. The van der Waals surface area contributed by atoms with Crippen molar-refractivity contribution in [2.24, 2.45) is 0 Å². The molecule has 0 fully saturated rings. The van der Waals surface area contributed by atoms with Gasteiger partial charge in [0.2, 0.25) is 0 Å². The average Bonchev–Trinajstić information content (AvgIpc) is 2.70. The lowest BCUT2D eigenvalue weighted by molar-refractivity contribution is 0.0268. The van der Waals surface area contributed by atoms with Gasteiger partial charge in [-0.15, -0.1) is 5.23 Å². The number of rotatable bonds is 3. The normalized spacial score (nSPS) is 15.4. The second-order valence-electron chi connectivity index (χ2n) is 3.58. The molecule has 0 aliphatic heterocycles. The van der Waals surface area contributed by atoms with E-state index in [1.54, 1.807) is 0 Å². The Bertz CT molecular complexity index is 398. The lowest BCUT2D eigenvalue weighted by atomic mass is 10.2. The van der Waals surface area contributed by atoms with Crippen molar-refractivity contribution in [2.45, 2.75) is 18.9 Å². The van der Waals surface area contributed by atoms with Crippen molar-refractivity contribution in [1.82, 2.24) is 0 Å². The van der Waals surface area contributed by atoms with Crippen LogP contribution in [-0.4, -0.2) is 16.5 Å². The number of ether oxygens (including phenoxy) is 1. The summed E-state index contributed by atoms with van der Waals surface area (Å²) in [7, 11) is 0. The summed E-state index contributed by atoms with van der Waals surface area (Å²) >= 11 is 0. The van der Waals surface area contributed by atoms with Crippen LogP contribution in [0.2, 0.25) is 0 Å². The molecular formula is C11H12FNO3. The summed E-state index contributed by atoms with van der Waals surface area (Å²) in [6, 6.07) is 3.51. The van der Waals surface area contributed by atoms with Crippen molar-refractivity contribution in [3.63, 3.8) is 0 Å². The molecule has 0 heterocycles. The fraction of sp³-hybridized carbons (Fsp3) is 0.273. The second-order valence-corrected chi connectivity index (χ2v) is 3.58. The van der Waals surface area contributed by atoms with E-state index in [4.69, 9.17) is 15.2 Å². The second kappa shape index (κ2) is 4.51. The zero-order valence-corrected chi connectivity index (χ0v) is 8.51. The lowest BCUT2D eigenvalue weighted by Crippen LogP contribution is -2.17. The van der Waals surface area contributed by atoms with E-state index in [0.29, 0.717) is 0 Å². The largest absolute Gasteiger partial charge is 0.487 e. The van der Waals surface area contributed by atoms with Crippen molar-refractivity contribution in [1.29, 1.82) is 0 Å². The van der Waals surface area contributed by atoms with Crippen molar-refractivity contribution < 1.29 is 19.5 Å². The summed E-state index contributed by atoms with van der Waals surface area (Å²) < 4.78 is 18.5. The maximum atomic E-state index is 13.0. The zero-order valence-electron chi connectivity index (χ0n) is 8.51. The Morgan fingerprint density at radius 1 is 1.25 bits per heavy atom. The van der Waals surface area contributed by atoms with Crippen LogP contribution in [0, 0.1) is 5.82 Å². The molecule has 0 spiro atoms. The summed E-state index contributed by atoms with van der Waals surface area (Å²) in [5, 5.41) is 17.8. The van der Waals surface area contributed by atoms with Gasteiger partial charge in [0.15, 0.2) is 5.75 Å². The van der Waals surface area contributed by atoms with Gasteiger partial charge in [0, 0.05) is 18.9 Å². The summed E-state index contributed by atoms with van der Waals surface area (Å²) in [6.07, 6.45) is 5.36. The molecule has 0 saturated heterocycles. The van der Waals surface area contributed by atoms with Gasteiger partial charge in [-0.05, 0) is 12.1 Å². The van der Waals surface area contributed by atoms with Gasteiger partial charge in [-0.2, -0.15) is 0 Å². The first-order valence-corrected chi connectivity index (χ1v) is 4.96. The molecule has 1 aliphatic carbocycles. The highest BCUT2D eigenvalue weighted by Gasteiger charge is 2.16. The molecule has 0 bridgehead atoms. The van der Waals surface area contributed by atoms with Gasteiger partial charge in [0.05, 0.1) is 0 Å². The molecule has 1 aromatic rings. The highest BCUT2D eigenvalue weighted by molar-refractivity contribution is 5.55. The van der Waals surface area contributed by atoms with Gasteiger partial charge in [-0.3, -0.25) is 10.4 Å². The van der Waals surface area contributed by atoms with Crippen LogP contribution >= 0.6 is 0 Å². The maximum Gasteiger partial charge on any atom is 0.151 e. The molecule has 16 heavy (non-hydrogen) atoms. The predicted molar refractivity (Wildman–Crippen MR) is 55.2 cm³/mol. The first kappa shape index (κ1) is 10.9. The first-order chi connectivity index (χ1) is 7.66. The highest BCUT2D eigenvalue weighted by Crippen LogP contribution is 2.30.